The SMILES string of the molecule is COc1ccc(S(=O)(=O)NCCSCc2ccco2)cc1N1CCCC1=O. The molecule has 1 aliphatic heterocycles. The number of benzene rings is 1. The van der Waals surface area contributed by atoms with Crippen LogP contribution in [-0.2, 0) is 20.6 Å². The van der Waals surface area contributed by atoms with Crippen molar-refractivity contribution in [2.45, 2.75) is 23.5 Å². The van der Waals surface area contributed by atoms with Crippen LogP contribution >= 0.6 is 11.8 Å². The lowest BCUT2D eigenvalue weighted by atomic mass is 10.2. The van der Waals surface area contributed by atoms with E-state index in [0.29, 0.717) is 42.5 Å². The Morgan fingerprint density at radius 3 is 2.85 bits per heavy atom. The van der Waals surface area contributed by atoms with Gasteiger partial charge in [0.25, 0.3) is 0 Å². The second-order valence-corrected chi connectivity index (χ2v) is 8.88. The number of ether oxygens (including phenoxy) is 1. The quantitative estimate of drug-likeness (QED) is 0.640. The number of sulfonamides is 1. The van der Waals surface area contributed by atoms with Crippen LogP contribution in [0.15, 0.2) is 45.9 Å². The summed E-state index contributed by atoms with van der Waals surface area (Å²) in [4.78, 5) is 13.7. The maximum absolute atomic E-state index is 12.6. The number of nitrogens with one attached hydrogen (secondary N) is 1. The normalized spacial score (nSPS) is 14.7. The van der Waals surface area contributed by atoms with Crippen molar-refractivity contribution in [3.05, 3.63) is 42.4 Å². The summed E-state index contributed by atoms with van der Waals surface area (Å²) in [5.41, 5.74) is 0.495. The molecule has 9 heteroatoms. The van der Waals surface area contributed by atoms with Crippen molar-refractivity contribution >= 4 is 33.4 Å². The molecule has 1 amide bonds. The summed E-state index contributed by atoms with van der Waals surface area (Å²) in [5.74, 6) is 2.63. The Bertz CT molecular complexity index is 881. The Morgan fingerprint density at radius 2 is 2.19 bits per heavy atom. The van der Waals surface area contributed by atoms with Crippen molar-refractivity contribution in [3.63, 3.8) is 0 Å². The molecule has 2 aromatic rings. The van der Waals surface area contributed by atoms with Crippen molar-refractivity contribution in [2.24, 2.45) is 0 Å². The molecule has 1 fully saturated rings. The molecule has 0 saturated carbocycles. The van der Waals surface area contributed by atoms with E-state index in [9.17, 15) is 13.2 Å². The molecule has 146 valence electrons. The van der Waals surface area contributed by atoms with E-state index in [1.54, 1.807) is 29.0 Å². The van der Waals surface area contributed by atoms with Gasteiger partial charge in [-0.15, -0.1) is 0 Å². The molecule has 1 saturated heterocycles. The van der Waals surface area contributed by atoms with E-state index in [4.69, 9.17) is 9.15 Å². The maximum atomic E-state index is 12.6. The molecule has 3 rings (SSSR count). The minimum atomic E-state index is -3.67. The Kier molecular flexibility index (Phi) is 6.46. The number of hydrogen-bond acceptors (Lipinski definition) is 6. The molecule has 0 atom stereocenters. The molecule has 1 aromatic carbocycles. The number of nitrogens with zero attached hydrogens (tertiary/aromatic N) is 1. The fourth-order valence-corrected chi connectivity index (χ4v) is 4.79. The van der Waals surface area contributed by atoms with Crippen LogP contribution in [0, 0.1) is 0 Å². The number of carbonyl (C=O) groups excluding carboxylic acids is 1. The zero-order chi connectivity index (χ0) is 19.3. The summed E-state index contributed by atoms with van der Waals surface area (Å²) in [6.07, 6.45) is 2.83. The van der Waals surface area contributed by atoms with Crippen molar-refractivity contribution in [2.75, 3.05) is 30.9 Å². The van der Waals surface area contributed by atoms with Crippen LogP contribution in [0.3, 0.4) is 0 Å². The van der Waals surface area contributed by atoms with Gasteiger partial charge in [-0.05, 0) is 36.8 Å². The molecule has 0 unspecified atom stereocenters. The van der Waals surface area contributed by atoms with Gasteiger partial charge in [-0.1, -0.05) is 0 Å². The second-order valence-electron chi connectivity index (χ2n) is 6.01. The minimum Gasteiger partial charge on any atom is -0.495 e. The molecule has 0 spiro atoms. The summed E-state index contributed by atoms with van der Waals surface area (Å²) < 4.78 is 38.3. The Labute approximate surface area is 163 Å². The molecule has 27 heavy (non-hydrogen) atoms. The van der Waals surface area contributed by atoms with Crippen LogP contribution in [0.5, 0.6) is 5.75 Å². The third kappa shape index (κ3) is 4.85. The average molecular weight is 411 g/mol. The van der Waals surface area contributed by atoms with E-state index in [0.717, 1.165) is 12.2 Å². The average Bonchev–Trinajstić information content (AvgIpc) is 3.32. The van der Waals surface area contributed by atoms with Crippen LogP contribution in [0.4, 0.5) is 5.69 Å². The summed E-state index contributed by atoms with van der Waals surface area (Å²) in [7, 11) is -2.17. The van der Waals surface area contributed by atoms with Gasteiger partial charge in [0.2, 0.25) is 15.9 Å². The predicted molar refractivity (Wildman–Crippen MR) is 105 cm³/mol. The van der Waals surface area contributed by atoms with Crippen LogP contribution in [0.2, 0.25) is 0 Å². The lowest BCUT2D eigenvalue weighted by Gasteiger charge is -2.20. The highest BCUT2D eigenvalue weighted by Gasteiger charge is 2.26. The molecule has 1 N–H and O–H groups in total. The van der Waals surface area contributed by atoms with Gasteiger partial charge in [-0.3, -0.25) is 4.79 Å². The van der Waals surface area contributed by atoms with E-state index in [-0.39, 0.29) is 10.8 Å². The van der Waals surface area contributed by atoms with Crippen molar-refractivity contribution in [1.82, 2.24) is 4.72 Å². The third-order valence-electron chi connectivity index (χ3n) is 4.19. The fraction of sp³-hybridized carbons (Fsp3) is 0.389. The minimum absolute atomic E-state index is 0.0230. The summed E-state index contributed by atoms with van der Waals surface area (Å²) >= 11 is 1.58. The van der Waals surface area contributed by atoms with Gasteiger partial charge >= 0.3 is 0 Å². The standard InChI is InChI=1S/C18H22N2O5S2/c1-24-17-7-6-15(12-16(17)20-9-2-5-18(20)21)27(22,23)19-8-11-26-13-14-4-3-10-25-14/h3-4,6-7,10,12,19H,2,5,8-9,11,13H2,1H3. The predicted octanol–water partition coefficient (Wildman–Crippen LogP) is 2.63. The van der Waals surface area contributed by atoms with Crippen LogP contribution in [0.1, 0.15) is 18.6 Å². The Morgan fingerprint density at radius 1 is 1.33 bits per heavy atom. The molecular formula is C18H22N2O5S2. The van der Waals surface area contributed by atoms with Gasteiger partial charge in [0.05, 0.1) is 29.7 Å². The van der Waals surface area contributed by atoms with Gasteiger partial charge in [-0.2, -0.15) is 11.8 Å². The molecule has 7 nitrogen and oxygen atoms in total. The third-order valence-corrected chi connectivity index (χ3v) is 6.63. The zero-order valence-corrected chi connectivity index (χ0v) is 16.6. The number of anilines is 1. The van der Waals surface area contributed by atoms with Crippen LogP contribution in [-0.4, -0.2) is 40.3 Å². The van der Waals surface area contributed by atoms with Crippen molar-refractivity contribution in [1.29, 1.82) is 0 Å². The van der Waals surface area contributed by atoms with Gasteiger partial charge in [0.15, 0.2) is 0 Å². The monoisotopic (exact) mass is 410 g/mol. The fourth-order valence-electron chi connectivity index (χ4n) is 2.85. The number of amides is 1. The first-order chi connectivity index (χ1) is 13.0. The molecular weight excluding hydrogens is 388 g/mol. The summed E-state index contributed by atoms with van der Waals surface area (Å²) in [5, 5.41) is 0. The highest BCUT2D eigenvalue weighted by molar-refractivity contribution is 7.98. The summed E-state index contributed by atoms with van der Waals surface area (Å²) in [6.45, 7) is 0.868. The number of carbonyl (C=O) groups is 1. The molecule has 0 aliphatic carbocycles. The van der Waals surface area contributed by atoms with Gasteiger partial charge in [0, 0.05) is 25.3 Å². The number of furan rings is 1. The van der Waals surface area contributed by atoms with Gasteiger partial charge < -0.3 is 14.1 Å². The number of rotatable bonds is 9. The van der Waals surface area contributed by atoms with Crippen molar-refractivity contribution < 1.29 is 22.4 Å². The van der Waals surface area contributed by atoms with E-state index in [1.165, 1.54) is 19.2 Å². The number of methoxy groups -OCH3 is 1. The summed E-state index contributed by atoms with van der Waals surface area (Å²) in [6, 6.07) is 8.28. The first-order valence-electron chi connectivity index (χ1n) is 8.59. The Hall–Kier alpha value is -1.97. The molecule has 0 radical (unpaired) electrons. The van der Waals surface area contributed by atoms with Gasteiger partial charge in [0.1, 0.15) is 11.5 Å². The highest BCUT2D eigenvalue weighted by Crippen LogP contribution is 2.33. The second kappa shape index (κ2) is 8.81. The van der Waals surface area contributed by atoms with Crippen LogP contribution in [0.25, 0.3) is 0 Å². The van der Waals surface area contributed by atoms with Crippen molar-refractivity contribution in [3.8, 4) is 5.75 Å². The van der Waals surface area contributed by atoms with E-state index >= 15 is 0 Å². The topological polar surface area (TPSA) is 88.8 Å². The van der Waals surface area contributed by atoms with E-state index in [2.05, 4.69) is 4.72 Å². The Balaban J connectivity index is 1.64. The van der Waals surface area contributed by atoms with E-state index < -0.39 is 10.0 Å². The van der Waals surface area contributed by atoms with Gasteiger partial charge in [-0.25, -0.2) is 13.1 Å². The molecule has 1 aliphatic rings. The smallest absolute Gasteiger partial charge is 0.240 e. The largest absolute Gasteiger partial charge is 0.495 e. The molecule has 1 aromatic heterocycles. The molecule has 0 bridgehead atoms. The van der Waals surface area contributed by atoms with E-state index in [1.807, 2.05) is 12.1 Å². The lowest BCUT2D eigenvalue weighted by Crippen LogP contribution is -2.27. The zero-order valence-electron chi connectivity index (χ0n) is 15.0. The first kappa shape index (κ1) is 19.8. The number of hydrogen-bond donors (Lipinski definition) is 1. The van der Waals surface area contributed by atoms with Crippen LogP contribution < -0.4 is 14.4 Å². The lowest BCUT2D eigenvalue weighted by molar-refractivity contribution is -0.117. The number of thioether (sulfide) groups is 1. The highest BCUT2D eigenvalue weighted by atomic mass is 32.2. The molecule has 2 heterocycles. The maximum Gasteiger partial charge on any atom is 0.240 e. The first-order valence-corrected chi connectivity index (χ1v) is 11.2.